The van der Waals surface area contributed by atoms with Crippen molar-refractivity contribution in [3.8, 4) is 5.75 Å². The van der Waals surface area contributed by atoms with Gasteiger partial charge >= 0.3 is 0 Å². The molecule has 3 heteroatoms. The lowest BCUT2D eigenvalue weighted by Gasteiger charge is -2.10. The van der Waals surface area contributed by atoms with Gasteiger partial charge in [-0.1, -0.05) is 13.8 Å². The SMILES string of the molecule is Cc1cc(N)ccc1OCCOCCC(C)C. The van der Waals surface area contributed by atoms with Crippen LogP contribution < -0.4 is 10.5 Å². The highest BCUT2D eigenvalue weighted by Gasteiger charge is 1.99. The van der Waals surface area contributed by atoms with E-state index in [1.54, 1.807) is 0 Å². The third-order valence-corrected chi connectivity index (χ3v) is 2.52. The third kappa shape index (κ3) is 5.59. The van der Waals surface area contributed by atoms with Crippen molar-refractivity contribution in [2.75, 3.05) is 25.6 Å². The third-order valence-electron chi connectivity index (χ3n) is 2.52. The average molecular weight is 237 g/mol. The summed E-state index contributed by atoms with van der Waals surface area (Å²) in [5.74, 6) is 1.57. The van der Waals surface area contributed by atoms with Crippen molar-refractivity contribution in [1.29, 1.82) is 0 Å². The Bertz CT molecular complexity index is 337. The van der Waals surface area contributed by atoms with E-state index < -0.39 is 0 Å². The lowest BCUT2D eigenvalue weighted by Crippen LogP contribution is -2.09. The van der Waals surface area contributed by atoms with Crippen LogP contribution in [0.5, 0.6) is 5.75 Å². The Hall–Kier alpha value is -1.22. The number of aryl methyl sites for hydroxylation is 1. The smallest absolute Gasteiger partial charge is 0.122 e. The monoisotopic (exact) mass is 237 g/mol. The Labute approximate surface area is 104 Å². The van der Waals surface area contributed by atoms with Crippen LogP contribution in [0.25, 0.3) is 0 Å². The molecule has 0 atom stereocenters. The standard InChI is InChI=1S/C14H23NO2/c1-11(2)6-7-16-8-9-17-14-5-4-13(15)10-12(14)3/h4-5,10-11H,6-9,15H2,1-3H3. The van der Waals surface area contributed by atoms with Gasteiger partial charge in [0.15, 0.2) is 0 Å². The first-order chi connectivity index (χ1) is 8.09. The zero-order valence-electron chi connectivity index (χ0n) is 11.0. The summed E-state index contributed by atoms with van der Waals surface area (Å²) in [6, 6.07) is 5.66. The molecule has 0 amide bonds. The molecular formula is C14H23NO2. The van der Waals surface area contributed by atoms with Gasteiger partial charge in [0, 0.05) is 12.3 Å². The van der Waals surface area contributed by atoms with Crippen molar-refractivity contribution < 1.29 is 9.47 Å². The molecule has 0 radical (unpaired) electrons. The molecule has 0 spiro atoms. The second kappa shape index (κ2) is 7.17. The average Bonchev–Trinajstić information content (AvgIpc) is 2.25. The lowest BCUT2D eigenvalue weighted by molar-refractivity contribution is 0.0924. The minimum absolute atomic E-state index is 0.586. The Morgan fingerprint density at radius 2 is 1.94 bits per heavy atom. The van der Waals surface area contributed by atoms with E-state index in [1.807, 2.05) is 25.1 Å². The number of anilines is 1. The van der Waals surface area contributed by atoms with Crippen LogP contribution in [0.2, 0.25) is 0 Å². The van der Waals surface area contributed by atoms with Crippen LogP contribution in [0.3, 0.4) is 0 Å². The van der Waals surface area contributed by atoms with Crippen LogP contribution in [0, 0.1) is 12.8 Å². The first kappa shape index (κ1) is 13.8. The second-order valence-corrected chi connectivity index (χ2v) is 4.67. The molecule has 96 valence electrons. The fourth-order valence-corrected chi connectivity index (χ4v) is 1.47. The number of nitrogens with two attached hydrogens (primary N) is 1. The molecule has 17 heavy (non-hydrogen) atoms. The van der Waals surface area contributed by atoms with Gasteiger partial charge in [0.25, 0.3) is 0 Å². The van der Waals surface area contributed by atoms with Crippen molar-refractivity contribution in [1.82, 2.24) is 0 Å². The van der Waals surface area contributed by atoms with Crippen LogP contribution in [-0.2, 0) is 4.74 Å². The number of hydrogen-bond acceptors (Lipinski definition) is 3. The van der Waals surface area contributed by atoms with E-state index in [2.05, 4.69) is 13.8 Å². The number of nitrogen functional groups attached to an aromatic ring is 1. The molecule has 0 bridgehead atoms. The van der Waals surface area contributed by atoms with Crippen LogP contribution in [0.15, 0.2) is 18.2 Å². The minimum atomic E-state index is 0.586. The normalized spacial score (nSPS) is 10.8. The summed E-state index contributed by atoms with van der Waals surface area (Å²) in [4.78, 5) is 0. The molecule has 1 aromatic carbocycles. The molecule has 0 fully saturated rings. The maximum Gasteiger partial charge on any atom is 0.122 e. The highest BCUT2D eigenvalue weighted by atomic mass is 16.5. The summed E-state index contributed by atoms with van der Waals surface area (Å²) >= 11 is 0. The summed E-state index contributed by atoms with van der Waals surface area (Å²) in [6.45, 7) is 8.40. The fourth-order valence-electron chi connectivity index (χ4n) is 1.47. The van der Waals surface area contributed by atoms with E-state index in [0.29, 0.717) is 19.1 Å². The summed E-state index contributed by atoms with van der Waals surface area (Å²) in [7, 11) is 0. The summed E-state index contributed by atoms with van der Waals surface area (Å²) in [6.07, 6.45) is 1.10. The van der Waals surface area contributed by atoms with E-state index in [-0.39, 0.29) is 0 Å². The lowest BCUT2D eigenvalue weighted by atomic mass is 10.1. The summed E-state index contributed by atoms with van der Waals surface area (Å²) < 4.78 is 11.1. The molecule has 0 heterocycles. The predicted octanol–water partition coefficient (Wildman–Crippen LogP) is 3.02. The number of ether oxygens (including phenoxy) is 2. The van der Waals surface area contributed by atoms with Crippen molar-refractivity contribution in [2.45, 2.75) is 27.2 Å². The topological polar surface area (TPSA) is 44.5 Å². The van der Waals surface area contributed by atoms with Gasteiger partial charge in [0.05, 0.1) is 6.61 Å². The molecule has 1 rings (SSSR count). The highest BCUT2D eigenvalue weighted by molar-refractivity contribution is 5.47. The number of hydrogen-bond donors (Lipinski definition) is 1. The molecule has 0 unspecified atom stereocenters. The Morgan fingerprint density at radius 3 is 2.59 bits per heavy atom. The first-order valence-electron chi connectivity index (χ1n) is 6.16. The largest absolute Gasteiger partial charge is 0.491 e. The van der Waals surface area contributed by atoms with Crippen LogP contribution in [0.4, 0.5) is 5.69 Å². The zero-order chi connectivity index (χ0) is 12.7. The van der Waals surface area contributed by atoms with E-state index in [4.69, 9.17) is 15.2 Å². The van der Waals surface area contributed by atoms with Gasteiger partial charge in [-0.3, -0.25) is 0 Å². The van der Waals surface area contributed by atoms with E-state index in [9.17, 15) is 0 Å². The van der Waals surface area contributed by atoms with Gasteiger partial charge in [-0.15, -0.1) is 0 Å². The van der Waals surface area contributed by atoms with Gasteiger partial charge in [0.2, 0.25) is 0 Å². The van der Waals surface area contributed by atoms with Crippen molar-refractivity contribution in [3.63, 3.8) is 0 Å². The molecule has 0 aliphatic rings. The van der Waals surface area contributed by atoms with Crippen molar-refractivity contribution >= 4 is 5.69 Å². The zero-order valence-corrected chi connectivity index (χ0v) is 11.0. The molecule has 0 saturated heterocycles. The summed E-state index contributed by atoms with van der Waals surface area (Å²) in [5, 5.41) is 0. The Balaban J connectivity index is 2.18. The molecule has 1 aromatic rings. The van der Waals surface area contributed by atoms with Crippen molar-refractivity contribution in [3.05, 3.63) is 23.8 Å². The van der Waals surface area contributed by atoms with Crippen molar-refractivity contribution in [2.24, 2.45) is 5.92 Å². The molecule has 3 nitrogen and oxygen atoms in total. The van der Waals surface area contributed by atoms with Crippen LogP contribution in [-0.4, -0.2) is 19.8 Å². The van der Waals surface area contributed by atoms with E-state index >= 15 is 0 Å². The molecule has 0 aliphatic heterocycles. The van der Waals surface area contributed by atoms with E-state index in [0.717, 1.165) is 30.0 Å². The molecule has 0 saturated carbocycles. The van der Waals surface area contributed by atoms with Crippen LogP contribution in [0.1, 0.15) is 25.8 Å². The second-order valence-electron chi connectivity index (χ2n) is 4.67. The quantitative estimate of drug-likeness (QED) is 0.585. The van der Waals surface area contributed by atoms with Gasteiger partial charge in [-0.05, 0) is 43.0 Å². The highest BCUT2D eigenvalue weighted by Crippen LogP contribution is 2.19. The van der Waals surface area contributed by atoms with Gasteiger partial charge in [0.1, 0.15) is 12.4 Å². The predicted molar refractivity (Wildman–Crippen MR) is 71.4 cm³/mol. The van der Waals surface area contributed by atoms with Gasteiger partial charge in [-0.25, -0.2) is 0 Å². The Kier molecular flexibility index (Phi) is 5.84. The fraction of sp³-hybridized carbons (Fsp3) is 0.571. The molecule has 0 aromatic heterocycles. The minimum Gasteiger partial charge on any atom is -0.491 e. The molecule has 2 N–H and O–H groups in total. The molecule has 0 aliphatic carbocycles. The number of benzene rings is 1. The van der Waals surface area contributed by atoms with Crippen LogP contribution >= 0.6 is 0 Å². The van der Waals surface area contributed by atoms with Gasteiger partial charge in [-0.2, -0.15) is 0 Å². The van der Waals surface area contributed by atoms with Gasteiger partial charge < -0.3 is 15.2 Å². The Morgan fingerprint density at radius 1 is 1.18 bits per heavy atom. The van der Waals surface area contributed by atoms with E-state index in [1.165, 1.54) is 0 Å². The number of rotatable bonds is 7. The molecular weight excluding hydrogens is 214 g/mol. The maximum absolute atomic E-state index is 5.67. The summed E-state index contributed by atoms with van der Waals surface area (Å²) in [5.41, 5.74) is 7.50. The maximum atomic E-state index is 5.67. The first-order valence-corrected chi connectivity index (χ1v) is 6.16.